The van der Waals surface area contributed by atoms with Crippen molar-refractivity contribution < 1.29 is 18.3 Å². The molecular weight excluding hydrogens is 827 g/mol. The van der Waals surface area contributed by atoms with E-state index in [9.17, 15) is 4.39 Å². The van der Waals surface area contributed by atoms with Crippen molar-refractivity contribution in [3.63, 3.8) is 0 Å². The molecule has 4 aromatic heterocycles. The van der Waals surface area contributed by atoms with Crippen molar-refractivity contribution in [1.82, 2.24) is 29.9 Å². The number of ether oxygens (including phenoxy) is 2. The third kappa shape index (κ3) is 9.81. The van der Waals surface area contributed by atoms with Crippen molar-refractivity contribution in [2.24, 2.45) is 10.2 Å². The molecule has 3 N–H and O–H groups in total. The molecule has 2 aromatic carbocycles. The van der Waals surface area contributed by atoms with E-state index in [1.54, 1.807) is 28.3 Å². The van der Waals surface area contributed by atoms with Crippen LogP contribution in [0.15, 0.2) is 89.6 Å². The van der Waals surface area contributed by atoms with E-state index in [4.69, 9.17) is 32.7 Å². The van der Waals surface area contributed by atoms with Crippen LogP contribution in [0.5, 0.6) is 0 Å². The fourth-order valence-electron chi connectivity index (χ4n) is 6.84. The van der Waals surface area contributed by atoms with E-state index in [2.05, 4.69) is 56.3 Å². The number of benzene rings is 2. The summed E-state index contributed by atoms with van der Waals surface area (Å²) in [5.41, 5.74) is 12.5. The summed E-state index contributed by atoms with van der Waals surface area (Å²) in [6.07, 6.45) is 8.07. The molecule has 0 radical (unpaired) electrons. The molecule has 61 heavy (non-hydrogen) atoms. The maximum atomic E-state index is 15.3. The minimum Gasteiger partial charge on any atom is -0.378 e. The fraction of sp³-hybridized carbons (Fsp3) is 0.238. The zero-order chi connectivity index (χ0) is 42.3. The van der Waals surface area contributed by atoms with Gasteiger partial charge in [0.05, 0.1) is 90.2 Å². The van der Waals surface area contributed by atoms with Crippen molar-refractivity contribution in [1.29, 1.82) is 0 Å². The van der Waals surface area contributed by atoms with E-state index in [0.717, 1.165) is 51.6 Å². The number of para-hydroxylation sites is 1. The highest BCUT2D eigenvalue weighted by atomic mass is 35.5. The number of hydrogen-bond donors (Lipinski definition) is 3. The van der Waals surface area contributed by atoms with E-state index >= 15 is 4.39 Å². The van der Waals surface area contributed by atoms with E-state index in [1.165, 1.54) is 12.4 Å². The largest absolute Gasteiger partial charge is 0.378 e. The Labute approximate surface area is 359 Å². The smallest absolute Gasteiger partial charge is 0.245 e. The minimum absolute atomic E-state index is 0.0999. The van der Waals surface area contributed by atoms with Crippen LogP contribution >= 0.6 is 23.2 Å². The van der Waals surface area contributed by atoms with E-state index in [-0.39, 0.29) is 30.1 Å². The molecule has 0 aliphatic carbocycles. The molecule has 0 bridgehead atoms. The summed E-state index contributed by atoms with van der Waals surface area (Å²) in [6.45, 7) is 6.94. The van der Waals surface area contributed by atoms with Crippen LogP contribution in [-0.4, -0.2) is 88.3 Å². The predicted molar refractivity (Wildman–Crippen MR) is 233 cm³/mol. The van der Waals surface area contributed by atoms with Gasteiger partial charge in [0.1, 0.15) is 6.10 Å². The molecule has 6 aromatic rings. The summed E-state index contributed by atoms with van der Waals surface area (Å²) in [5, 5.41) is 12.9. The summed E-state index contributed by atoms with van der Waals surface area (Å²) >= 11 is 13.5. The molecule has 15 nitrogen and oxygen atoms in total. The van der Waals surface area contributed by atoms with Gasteiger partial charge >= 0.3 is 0 Å². The Morgan fingerprint density at radius 2 is 1.46 bits per heavy atom. The van der Waals surface area contributed by atoms with Crippen LogP contribution in [0.1, 0.15) is 34.2 Å². The van der Waals surface area contributed by atoms with Crippen molar-refractivity contribution in [2.45, 2.75) is 20.0 Å². The highest BCUT2D eigenvalue weighted by Gasteiger charge is 2.28. The lowest BCUT2D eigenvalue weighted by Crippen LogP contribution is -2.39. The molecule has 8 rings (SSSR count). The van der Waals surface area contributed by atoms with Crippen LogP contribution < -0.4 is 26.0 Å². The maximum absolute atomic E-state index is 15.3. The van der Waals surface area contributed by atoms with Crippen LogP contribution in [0.3, 0.4) is 0 Å². The first-order valence-corrected chi connectivity index (χ1v) is 20.0. The highest BCUT2D eigenvalue weighted by Crippen LogP contribution is 2.39. The van der Waals surface area contributed by atoms with Crippen LogP contribution in [0, 0.1) is 25.5 Å². The second-order valence-electron chi connectivity index (χ2n) is 14.0. The lowest BCUT2D eigenvalue weighted by atomic mass is 9.95. The Balaban J connectivity index is 0.925. The number of nitrogens with one attached hydrogen (secondary N) is 3. The van der Waals surface area contributed by atoms with Crippen molar-refractivity contribution in [2.75, 3.05) is 72.0 Å². The quantitative estimate of drug-likeness (QED) is 0.0803. The molecule has 6 heterocycles. The number of nitrogens with zero attached hydrogens (tertiary/aromatic N) is 10. The normalized spacial score (nSPS) is 15.7. The van der Waals surface area contributed by atoms with Gasteiger partial charge in [-0.2, -0.15) is 20.2 Å². The van der Waals surface area contributed by atoms with Crippen LogP contribution in [-0.2, 0) is 9.47 Å². The van der Waals surface area contributed by atoms with Gasteiger partial charge in [-0.1, -0.05) is 47.5 Å². The number of anilines is 6. The summed E-state index contributed by atoms with van der Waals surface area (Å²) in [4.78, 5) is 29.3. The third-order valence-corrected chi connectivity index (χ3v) is 10.6. The molecule has 1 unspecified atom stereocenters. The Hall–Kier alpha value is -6.40. The summed E-state index contributed by atoms with van der Waals surface area (Å²) in [6, 6.07) is 16.9. The van der Waals surface area contributed by atoms with Gasteiger partial charge in [0.2, 0.25) is 11.9 Å². The molecule has 1 atom stereocenters. The van der Waals surface area contributed by atoms with Crippen molar-refractivity contribution in [3.05, 3.63) is 129 Å². The average Bonchev–Trinajstić information content (AvgIpc) is 3.27. The first kappa shape index (κ1) is 41.3. The lowest BCUT2D eigenvalue weighted by Gasteiger charge is -2.34. The monoisotopic (exact) mass is 865 g/mol. The molecule has 2 saturated heterocycles. The maximum Gasteiger partial charge on any atom is 0.245 e. The van der Waals surface area contributed by atoms with Gasteiger partial charge in [-0.05, 0) is 60.9 Å². The SMILES string of the molecule is Cc1cccc(Cl)c1Nc1ccc(/C=N\Nc2ncc(F)c(N3CCOC(c4ccc(C)c(-c5ccnc(/C=N\Nc6ncc(F)c(N7CCOCC7)n6)c5)c4Cl)C3)n2)nc1. The predicted octanol–water partition coefficient (Wildman–Crippen LogP) is 7.98. The zero-order valence-corrected chi connectivity index (χ0v) is 34.5. The third-order valence-electron chi connectivity index (χ3n) is 9.92. The number of hydrogen-bond acceptors (Lipinski definition) is 15. The number of halogens is 4. The minimum atomic E-state index is -0.589. The van der Waals surface area contributed by atoms with E-state index < -0.39 is 17.7 Å². The summed E-state index contributed by atoms with van der Waals surface area (Å²) < 4.78 is 41.4. The fourth-order valence-corrected chi connectivity index (χ4v) is 7.55. The number of hydrazone groups is 2. The lowest BCUT2D eigenvalue weighted by molar-refractivity contribution is 0.0393. The van der Waals surface area contributed by atoms with Gasteiger partial charge in [0, 0.05) is 37.0 Å². The van der Waals surface area contributed by atoms with Gasteiger partial charge < -0.3 is 24.6 Å². The molecule has 2 aliphatic rings. The highest BCUT2D eigenvalue weighted by molar-refractivity contribution is 6.34. The molecule has 0 saturated carbocycles. The number of pyridine rings is 2. The van der Waals surface area contributed by atoms with E-state index in [1.807, 2.05) is 62.4 Å². The standard InChI is InChI=1S/C42H39Cl2F2N13O2/c1-25-6-9-31(37(44)36(25)27-10-11-47-30(18-27)21-52-57-41-49-22-33(45)39(54-41)58-12-15-60-16-13-58)35-24-59(14-17-61-35)40-34(46)23-50-42(55-40)56-51-20-28-7-8-29(19-48-28)53-38-26(2)4-3-5-32(38)43/h3-11,18-23,35,53H,12-17,24H2,1-2H3,(H,49,54,57)(H,50,55,56)/b51-20-,52-21-. The zero-order valence-electron chi connectivity index (χ0n) is 33.0. The van der Waals surface area contributed by atoms with Gasteiger partial charge in [-0.3, -0.25) is 9.97 Å². The first-order chi connectivity index (χ1) is 29.7. The van der Waals surface area contributed by atoms with Gasteiger partial charge in [-0.25, -0.2) is 29.6 Å². The molecule has 2 fully saturated rings. The van der Waals surface area contributed by atoms with E-state index in [0.29, 0.717) is 60.9 Å². The molecular formula is C42H39Cl2F2N13O2. The van der Waals surface area contributed by atoms with Crippen LogP contribution in [0.25, 0.3) is 11.1 Å². The Morgan fingerprint density at radius 3 is 2.16 bits per heavy atom. The topological polar surface area (TPSA) is 163 Å². The Bertz CT molecular complexity index is 2560. The number of rotatable bonds is 12. The first-order valence-electron chi connectivity index (χ1n) is 19.3. The Kier molecular flexibility index (Phi) is 12.8. The molecule has 0 spiro atoms. The van der Waals surface area contributed by atoms with Crippen molar-refractivity contribution >= 4 is 70.5 Å². The average molecular weight is 867 g/mol. The molecule has 19 heteroatoms. The van der Waals surface area contributed by atoms with Crippen molar-refractivity contribution in [3.8, 4) is 11.1 Å². The molecule has 2 aliphatic heterocycles. The molecule has 0 amide bonds. The second kappa shape index (κ2) is 18.9. The summed E-state index contributed by atoms with van der Waals surface area (Å²) in [5.74, 6) is -0.579. The Morgan fingerprint density at radius 1 is 0.754 bits per heavy atom. The number of aromatic nitrogens is 6. The van der Waals surface area contributed by atoms with Gasteiger partial charge in [0.25, 0.3) is 0 Å². The number of aryl methyl sites for hydroxylation is 2. The molecule has 312 valence electrons. The van der Waals surface area contributed by atoms with Gasteiger partial charge in [0.15, 0.2) is 23.3 Å². The second-order valence-corrected chi connectivity index (χ2v) is 14.8. The number of morpholine rings is 2. The van der Waals surface area contributed by atoms with Gasteiger partial charge in [-0.15, -0.1) is 0 Å². The summed E-state index contributed by atoms with van der Waals surface area (Å²) in [7, 11) is 0. The van der Waals surface area contributed by atoms with Crippen LogP contribution in [0.2, 0.25) is 10.0 Å². The van der Waals surface area contributed by atoms with Crippen LogP contribution in [0.4, 0.5) is 43.7 Å².